The zero-order chi connectivity index (χ0) is 13.5. The quantitative estimate of drug-likeness (QED) is 0.668. The molecule has 0 aromatic carbocycles. The van der Waals surface area contributed by atoms with Crippen LogP contribution < -0.4 is 0 Å². The highest BCUT2D eigenvalue weighted by molar-refractivity contribution is 5.60. The van der Waals surface area contributed by atoms with Crippen molar-refractivity contribution < 1.29 is 0 Å². The zero-order valence-electron chi connectivity index (χ0n) is 11.2. The summed E-state index contributed by atoms with van der Waals surface area (Å²) in [6.45, 7) is 6.42. The lowest BCUT2D eigenvalue weighted by Crippen LogP contribution is -2.11. The predicted octanol–water partition coefficient (Wildman–Crippen LogP) is 2.48. The van der Waals surface area contributed by atoms with Gasteiger partial charge < -0.3 is 0 Å². The molecule has 0 aliphatic carbocycles. The summed E-state index contributed by atoms with van der Waals surface area (Å²) in [4.78, 5) is 12.5. The van der Waals surface area contributed by atoms with Crippen molar-refractivity contribution in [2.75, 3.05) is 0 Å². The van der Waals surface area contributed by atoms with Crippen molar-refractivity contribution >= 4 is 5.65 Å². The minimum atomic E-state index is 0.0176. The van der Waals surface area contributed by atoms with E-state index in [9.17, 15) is 0 Å². The minimum Gasteiger partial charge on any atom is -0.244 e. The lowest BCUT2D eigenvalue weighted by atomic mass is 9.93. The molecule has 0 radical (unpaired) electrons. The van der Waals surface area contributed by atoms with Gasteiger partial charge in [0.15, 0.2) is 5.65 Å². The molecule has 3 rings (SSSR count). The van der Waals surface area contributed by atoms with E-state index in [-0.39, 0.29) is 5.41 Å². The third-order valence-corrected chi connectivity index (χ3v) is 2.98. The fraction of sp³-hybridized carbons (Fsp3) is 0.286. The standard InChI is InChI=1S/C14H15N5/c1-14(2,3)12-4-13-17-7-11(8-19(13)18-12)10-5-15-9-16-6-10/h4-9H,1-3H3. The number of rotatable bonds is 1. The van der Waals surface area contributed by atoms with Crippen molar-refractivity contribution in [2.24, 2.45) is 0 Å². The second kappa shape index (κ2) is 4.12. The molecule has 3 aromatic heterocycles. The van der Waals surface area contributed by atoms with Crippen molar-refractivity contribution in [2.45, 2.75) is 26.2 Å². The Morgan fingerprint density at radius 3 is 2.42 bits per heavy atom. The molecule has 5 heteroatoms. The van der Waals surface area contributed by atoms with Crippen LogP contribution in [0.5, 0.6) is 0 Å². The second-order valence-electron chi connectivity index (χ2n) is 5.55. The molecule has 0 fully saturated rings. The monoisotopic (exact) mass is 253 g/mol. The highest BCUT2D eigenvalue weighted by Gasteiger charge is 2.18. The van der Waals surface area contributed by atoms with Crippen molar-refractivity contribution in [3.63, 3.8) is 0 Å². The predicted molar refractivity (Wildman–Crippen MR) is 72.7 cm³/mol. The van der Waals surface area contributed by atoms with Gasteiger partial charge in [0.05, 0.1) is 5.69 Å². The molecule has 0 saturated carbocycles. The molecule has 0 unspecified atom stereocenters. The third kappa shape index (κ3) is 2.19. The van der Waals surface area contributed by atoms with Crippen LogP contribution in [0.4, 0.5) is 0 Å². The molecule has 0 aliphatic heterocycles. The molecule has 3 aromatic rings. The summed E-state index contributed by atoms with van der Waals surface area (Å²) in [5.74, 6) is 0. The summed E-state index contributed by atoms with van der Waals surface area (Å²) in [5.41, 5.74) is 3.79. The Kier molecular flexibility index (Phi) is 2.55. The SMILES string of the molecule is CC(C)(C)c1cc2ncc(-c3cncnc3)cn2n1. The molecular formula is C14H15N5. The topological polar surface area (TPSA) is 56.0 Å². The first-order chi connectivity index (χ1) is 9.04. The Morgan fingerprint density at radius 1 is 1.00 bits per heavy atom. The van der Waals surface area contributed by atoms with Crippen LogP contribution in [0.3, 0.4) is 0 Å². The van der Waals surface area contributed by atoms with Gasteiger partial charge >= 0.3 is 0 Å². The second-order valence-corrected chi connectivity index (χ2v) is 5.55. The molecule has 0 saturated heterocycles. The Labute approximate surface area is 111 Å². The third-order valence-electron chi connectivity index (χ3n) is 2.98. The smallest absolute Gasteiger partial charge is 0.155 e. The fourth-order valence-corrected chi connectivity index (χ4v) is 1.84. The lowest BCUT2D eigenvalue weighted by molar-refractivity contribution is 0.562. The van der Waals surface area contributed by atoms with Crippen molar-refractivity contribution in [1.29, 1.82) is 0 Å². The molecule has 0 N–H and O–H groups in total. The highest BCUT2D eigenvalue weighted by Crippen LogP contribution is 2.23. The first kappa shape index (κ1) is 11.8. The van der Waals surface area contributed by atoms with Crippen LogP contribution in [0, 0.1) is 0 Å². The van der Waals surface area contributed by atoms with Gasteiger partial charge in [-0.2, -0.15) is 5.10 Å². The normalized spacial score (nSPS) is 11.9. The molecule has 5 nitrogen and oxygen atoms in total. The van der Waals surface area contributed by atoms with Crippen LogP contribution in [0.1, 0.15) is 26.5 Å². The fourth-order valence-electron chi connectivity index (χ4n) is 1.84. The first-order valence-corrected chi connectivity index (χ1v) is 6.15. The van der Waals surface area contributed by atoms with E-state index in [1.165, 1.54) is 6.33 Å². The summed E-state index contributed by atoms with van der Waals surface area (Å²) in [6, 6.07) is 2.02. The zero-order valence-corrected chi connectivity index (χ0v) is 11.2. The van der Waals surface area contributed by atoms with E-state index in [0.717, 1.165) is 22.5 Å². The molecule has 3 heterocycles. The Balaban J connectivity index is 2.11. The van der Waals surface area contributed by atoms with Gasteiger partial charge in [-0.3, -0.25) is 0 Å². The average molecular weight is 253 g/mol. The highest BCUT2D eigenvalue weighted by atomic mass is 15.2. The van der Waals surface area contributed by atoms with Crippen molar-refractivity contribution in [1.82, 2.24) is 24.6 Å². The van der Waals surface area contributed by atoms with E-state index in [0.29, 0.717) is 0 Å². The minimum absolute atomic E-state index is 0.0176. The van der Waals surface area contributed by atoms with E-state index in [4.69, 9.17) is 0 Å². The summed E-state index contributed by atoms with van der Waals surface area (Å²) >= 11 is 0. The van der Waals surface area contributed by atoms with Crippen LogP contribution in [-0.4, -0.2) is 24.6 Å². The van der Waals surface area contributed by atoms with Crippen LogP contribution >= 0.6 is 0 Å². The molecule has 0 atom stereocenters. The average Bonchev–Trinajstić information content (AvgIpc) is 2.82. The Hall–Kier alpha value is -2.30. The lowest BCUT2D eigenvalue weighted by Gasteiger charge is -2.13. The van der Waals surface area contributed by atoms with Crippen LogP contribution in [-0.2, 0) is 5.41 Å². The Bertz CT molecular complexity index is 710. The van der Waals surface area contributed by atoms with Gasteiger partial charge in [-0.05, 0) is 0 Å². The number of aromatic nitrogens is 5. The van der Waals surface area contributed by atoms with Crippen LogP contribution in [0.25, 0.3) is 16.8 Å². The molecule has 0 bridgehead atoms. The number of nitrogens with zero attached hydrogens (tertiary/aromatic N) is 5. The van der Waals surface area contributed by atoms with Gasteiger partial charge in [-0.1, -0.05) is 20.8 Å². The van der Waals surface area contributed by atoms with Gasteiger partial charge in [0, 0.05) is 47.4 Å². The largest absolute Gasteiger partial charge is 0.244 e. The van der Waals surface area contributed by atoms with Gasteiger partial charge in [-0.15, -0.1) is 0 Å². The van der Waals surface area contributed by atoms with Crippen LogP contribution in [0.2, 0.25) is 0 Å². The van der Waals surface area contributed by atoms with Crippen molar-refractivity contribution in [3.05, 3.63) is 42.9 Å². The van der Waals surface area contributed by atoms with Crippen LogP contribution in [0.15, 0.2) is 37.2 Å². The van der Waals surface area contributed by atoms with E-state index in [1.807, 2.05) is 23.0 Å². The molecule has 0 aliphatic rings. The van der Waals surface area contributed by atoms with E-state index in [1.54, 1.807) is 12.4 Å². The molecule has 19 heavy (non-hydrogen) atoms. The summed E-state index contributed by atoms with van der Waals surface area (Å²) < 4.78 is 1.81. The molecule has 96 valence electrons. The maximum absolute atomic E-state index is 4.58. The van der Waals surface area contributed by atoms with Crippen molar-refractivity contribution in [3.8, 4) is 11.1 Å². The van der Waals surface area contributed by atoms with E-state index in [2.05, 4.69) is 40.8 Å². The molecule has 0 amide bonds. The van der Waals surface area contributed by atoms with Gasteiger partial charge in [0.2, 0.25) is 0 Å². The number of hydrogen-bond acceptors (Lipinski definition) is 4. The first-order valence-electron chi connectivity index (χ1n) is 6.15. The van der Waals surface area contributed by atoms with E-state index >= 15 is 0 Å². The summed E-state index contributed by atoms with van der Waals surface area (Å²) in [5, 5.41) is 4.58. The Morgan fingerprint density at radius 2 is 1.74 bits per heavy atom. The summed E-state index contributed by atoms with van der Waals surface area (Å²) in [7, 11) is 0. The maximum atomic E-state index is 4.58. The maximum Gasteiger partial charge on any atom is 0.155 e. The number of fused-ring (bicyclic) bond motifs is 1. The molecular weight excluding hydrogens is 238 g/mol. The van der Waals surface area contributed by atoms with Gasteiger partial charge in [0.25, 0.3) is 0 Å². The summed E-state index contributed by atoms with van der Waals surface area (Å²) in [6.07, 6.45) is 8.83. The van der Waals surface area contributed by atoms with Gasteiger partial charge in [-0.25, -0.2) is 19.5 Å². The number of hydrogen-bond donors (Lipinski definition) is 0. The van der Waals surface area contributed by atoms with Gasteiger partial charge in [0.1, 0.15) is 6.33 Å². The van der Waals surface area contributed by atoms with E-state index < -0.39 is 0 Å². The molecule has 0 spiro atoms.